The molecule has 0 aliphatic heterocycles. The average molecular weight is 385 g/mol. The third-order valence-electron chi connectivity index (χ3n) is 5.78. The Bertz CT molecular complexity index is 1230. The molecule has 0 saturated carbocycles. The number of hydrogen-bond donors (Lipinski definition) is 0. The van der Waals surface area contributed by atoms with Crippen LogP contribution in [0.5, 0.6) is 0 Å². The molecule has 4 aromatic rings. The van der Waals surface area contributed by atoms with Gasteiger partial charge in [-0.3, -0.25) is 0 Å². The molecule has 4 aromatic carbocycles. The third kappa shape index (κ3) is 3.11. The van der Waals surface area contributed by atoms with Crippen LogP contribution in [0.1, 0.15) is 40.3 Å². The fourth-order valence-corrected chi connectivity index (χ4v) is 4.48. The summed E-state index contributed by atoms with van der Waals surface area (Å²) >= 11 is 0. The average Bonchev–Trinajstić information content (AvgIpc) is 3.08. The zero-order chi connectivity index (χ0) is 20.5. The maximum Gasteiger partial charge on any atom is -0.00140 e. The first-order chi connectivity index (χ1) is 14.8. The molecule has 0 heterocycles. The molecule has 1 aliphatic carbocycles. The molecule has 0 spiro atoms. The minimum absolute atomic E-state index is 1.23. The van der Waals surface area contributed by atoms with Crippen LogP contribution in [0.3, 0.4) is 0 Å². The predicted octanol–water partition coefficient (Wildman–Crippen LogP) is 8.02. The smallest absolute Gasteiger partial charge is 0.00140 e. The van der Waals surface area contributed by atoms with Crippen molar-refractivity contribution in [3.63, 3.8) is 0 Å². The lowest BCUT2D eigenvalue weighted by atomic mass is 9.88. The van der Waals surface area contributed by atoms with Gasteiger partial charge in [0.25, 0.3) is 0 Å². The lowest BCUT2D eigenvalue weighted by molar-refractivity contribution is 1.46. The molecule has 0 unspecified atom stereocenters. The number of fused-ring (bicyclic) bond motifs is 3. The van der Waals surface area contributed by atoms with Gasteiger partial charge in [-0.15, -0.1) is 0 Å². The van der Waals surface area contributed by atoms with Crippen molar-refractivity contribution in [2.45, 2.75) is 13.8 Å². The van der Waals surface area contributed by atoms with Crippen molar-refractivity contribution in [3.8, 4) is 11.1 Å². The van der Waals surface area contributed by atoms with Crippen molar-refractivity contribution in [2.75, 3.05) is 0 Å². The van der Waals surface area contributed by atoms with Crippen LogP contribution in [0, 0.1) is 6.92 Å². The summed E-state index contributed by atoms with van der Waals surface area (Å²) in [4.78, 5) is 0. The molecular formula is C30H24. The largest absolute Gasteiger partial charge is 0.0871 e. The second-order valence-corrected chi connectivity index (χ2v) is 7.84. The van der Waals surface area contributed by atoms with E-state index in [9.17, 15) is 0 Å². The zero-order valence-corrected chi connectivity index (χ0v) is 17.4. The van der Waals surface area contributed by atoms with E-state index in [-0.39, 0.29) is 0 Å². The van der Waals surface area contributed by atoms with Crippen molar-refractivity contribution >= 4 is 17.2 Å². The maximum absolute atomic E-state index is 2.34. The van der Waals surface area contributed by atoms with Gasteiger partial charge in [-0.2, -0.15) is 0 Å². The van der Waals surface area contributed by atoms with Crippen LogP contribution >= 0.6 is 0 Å². The van der Waals surface area contributed by atoms with E-state index < -0.39 is 0 Å². The first-order valence-corrected chi connectivity index (χ1v) is 10.5. The number of rotatable bonds is 3. The van der Waals surface area contributed by atoms with Crippen molar-refractivity contribution in [1.29, 1.82) is 0 Å². The highest BCUT2D eigenvalue weighted by molar-refractivity contribution is 6.13. The highest BCUT2D eigenvalue weighted by atomic mass is 14.3. The molecule has 0 aromatic heterocycles. The Morgan fingerprint density at radius 1 is 0.600 bits per heavy atom. The van der Waals surface area contributed by atoms with Gasteiger partial charge in [0.1, 0.15) is 0 Å². The van der Waals surface area contributed by atoms with E-state index in [1.54, 1.807) is 0 Å². The van der Waals surface area contributed by atoms with E-state index in [2.05, 4.69) is 123 Å². The lowest BCUT2D eigenvalue weighted by Crippen LogP contribution is -1.95. The molecule has 30 heavy (non-hydrogen) atoms. The predicted molar refractivity (Wildman–Crippen MR) is 129 cm³/mol. The van der Waals surface area contributed by atoms with Crippen LogP contribution in [-0.4, -0.2) is 0 Å². The molecule has 0 bridgehead atoms. The van der Waals surface area contributed by atoms with E-state index in [0.29, 0.717) is 0 Å². The van der Waals surface area contributed by atoms with Gasteiger partial charge in [0.05, 0.1) is 0 Å². The lowest BCUT2D eigenvalue weighted by Gasteiger charge is -2.15. The Kier molecular flexibility index (Phi) is 4.69. The topological polar surface area (TPSA) is 0 Å². The van der Waals surface area contributed by atoms with Crippen molar-refractivity contribution in [2.24, 2.45) is 0 Å². The Labute approximate surface area is 178 Å². The Hall–Kier alpha value is -3.64. The molecular weight excluding hydrogens is 360 g/mol. The summed E-state index contributed by atoms with van der Waals surface area (Å²) in [5.41, 5.74) is 12.9. The first-order valence-electron chi connectivity index (χ1n) is 10.5. The standard InChI is InChI=1S/C30H24/c1-3-10-22-16-18-26-25-17-15-21(2)19-27(25)30(28(26)20-22)29(23-11-6-4-7-12-23)24-13-8-5-9-14-24/h3-20H,1-2H3/b10-3+. The van der Waals surface area contributed by atoms with Gasteiger partial charge in [0.15, 0.2) is 0 Å². The molecule has 5 rings (SSSR count). The summed E-state index contributed by atoms with van der Waals surface area (Å²) in [6, 6.07) is 35.2. The van der Waals surface area contributed by atoms with Gasteiger partial charge in [0, 0.05) is 0 Å². The van der Waals surface area contributed by atoms with Gasteiger partial charge in [0.2, 0.25) is 0 Å². The van der Waals surface area contributed by atoms with Crippen LogP contribution in [-0.2, 0) is 0 Å². The summed E-state index contributed by atoms with van der Waals surface area (Å²) in [6.45, 7) is 4.25. The number of allylic oxidation sites excluding steroid dienone is 1. The van der Waals surface area contributed by atoms with Gasteiger partial charge < -0.3 is 0 Å². The normalized spacial score (nSPS) is 12.1. The second kappa shape index (κ2) is 7.65. The summed E-state index contributed by atoms with van der Waals surface area (Å²) in [6.07, 6.45) is 4.28. The molecule has 0 nitrogen and oxygen atoms in total. The molecule has 0 atom stereocenters. The number of benzene rings is 4. The Balaban J connectivity index is 1.92. The van der Waals surface area contributed by atoms with Crippen molar-refractivity contribution < 1.29 is 0 Å². The monoisotopic (exact) mass is 384 g/mol. The van der Waals surface area contributed by atoms with Gasteiger partial charge in [-0.25, -0.2) is 0 Å². The molecule has 144 valence electrons. The van der Waals surface area contributed by atoms with E-state index in [1.807, 2.05) is 0 Å². The molecule has 0 amide bonds. The minimum atomic E-state index is 1.23. The molecule has 0 radical (unpaired) electrons. The fraction of sp³-hybridized carbons (Fsp3) is 0.0667. The number of aryl methyl sites for hydroxylation is 1. The maximum atomic E-state index is 2.34. The molecule has 0 fully saturated rings. The van der Waals surface area contributed by atoms with Crippen LogP contribution in [0.25, 0.3) is 28.3 Å². The summed E-state index contributed by atoms with van der Waals surface area (Å²) in [5.74, 6) is 0. The molecule has 0 N–H and O–H groups in total. The Morgan fingerprint density at radius 3 is 1.77 bits per heavy atom. The molecule has 0 heteroatoms. The fourth-order valence-electron chi connectivity index (χ4n) is 4.48. The SMILES string of the molecule is C/C=C/c1ccc2c(c1)C(=C(c1ccccc1)c1ccccc1)c1cc(C)ccc1-2. The Morgan fingerprint density at radius 2 is 1.17 bits per heavy atom. The van der Waals surface area contributed by atoms with E-state index in [4.69, 9.17) is 0 Å². The van der Waals surface area contributed by atoms with E-state index in [1.165, 1.54) is 55.7 Å². The van der Waals surface area contributed by atoms with Crippen molar-refractivity contribution in [1.82, 2.24) is 0 Å². The van der Waals surface area contributed by atoms with Gasteiger partial charge in [-0.1, -0.05) is 109 Å². The summed E-state index contributed by atoms with van der Waals surface area (Å²) in [5, 5.41) is 0. The number of hydrogen-bond acceptors (Lipinski definition) is 0. The van der Waals surface area contributed by atoms with Gasteiger partial charge >= 0.3 is 0 Å². The van der Waals surface area contributed by atoms with Crippen LogP contribution in [0.15, 0.2) is 103 Å². The van der Waals surface area contributed by atoms with Crippen LogP contribution in [0.2, 0.25) is 0 Å². The molecule has 0 saturated heterocycles. The van der Waals surface area contributed by atoms with Crippen LogP contribution < -0.4 is 0 Å². The van der Waals surface area contributed by atoms with Crippen molar-refractivity contribution in [3.05, 3.63) is 137 Å². The van der Waals surface area contributed by atoms with Gasteiger partial charge in [-0.05, 0) is 70.0 Å². The summed E-state index contributed by atoms with van der Waals surface area (Å²) < 4.78 is 0. The quantitative estimate of drug-likeness (QED) is 0.295. The summed E-state index contributed by atoms with van der Waals surface area (Å²) in [7, 11) is 0. The molecule has 1 aliphatic rings. The minimum Gasteiger partial charge on any atom is -0.0871 e. The second-order valence-electron chi connectivity index (χ2n) is 7.84. The van der Waals surface area contributed by atoms with E-state index >= 15 is 0 Å². The highest BCUT2D eigenvalue weighted by Gasteiger charge is 2.27. The van der Waals surface area contributed by atoms with Crippen LogP contribution in [0.4, 0.5) is 0 Å². The van der Waals surface area contributed by atoms with E-state index in [0.717, 1.165) is 0 Å². The highest BCUT2D eigenvalue weighted by Crippen LogP contribution is 2.49. The third-order valence-corrected chi connectivity index (χ3v) is 5.78. The first kappa shape index (κ1) is 18.4. The zero-order valence-electron chi connectivity index (χ0n) is 17.4.